The molecule has 0 spiro atoms. The zero-order chi connectivity index (χ0) is 16.7. The van der Waals surface area contributed by atoms with Gasteiger partial charge in [0.1, 0.15) is 11.5 Å². The molecule has 1 saturated carbocycles. The molecule has 130 valence electrons. The number of hydrogen-bond acceptors (Lipinski definition) is 3. The van der Waals surface area contributed by atoms with Gasteiger partial charge in [-0.25, -0.2) is 0 Å². The van der Waals surface area contributed by atoms with E-state index in [1.54, 1.807) is 6.07 Å². The lowest BCUT2D eigenvalue weighted by molar-refractivity contribution is 0.119. The van der Waals surface area contributed by atoms with E-state index in [2.05, 4.69) is 13.8 Å². The Balaban J connectivity index is 1.88. The van der Waals surface area contributed by atoms with E-state index in [0.717, 1.165) is 43.4 Å². The molecule has 3 heteroatoms. The third-order valence-corrected chi connectivity index (χ3v) is 4.89. The lowest BCUT2D eigenvalue weighted by Crippen LogP contribution is -2.18. The highest BCUT2D eigenvalue weighted by molar-refractivity contribution is 5.42. The maximum Gasteiger partial charge on any atom is 0.123 e. The largest absolute Gasteiger partial charge is 0.508 e. The maximum absolute atomic E-state index is 10.3. The quantitative estimate of drug-likeness (QED) is 0.651. The zero-order valence-electron chi connectivity index (χ0n) is 14.6. The standard InChI is InChI=1S/C20H32O3/c1-3-4-5-6-8-15(2)23-18-11-12-19(20(22)14-18)16-9-7-10-17(21)13-16/h11-12,14-17,21-22H,3-10,13H2,1-2H3/t15?,16-,17+/m1/s1. The zero-order valence-corrected chi connectivity index (χ0v) is 14.6. The Kier molecular flexibility index (Phi) is 7.22. The summed E-state index contributed by atoms with van der Waals surface area (Å²) in [6.45, 7) is 4.31. The molecule has 1 fully saturated rings. The first-order valence-electron chi connectivity index (χ1n) is 9.27. The number of phenols is 1. The third-order valence-electron chi connectivity index (χ3n) is 4.89. The van der Waals surface area contributed by atoms with Crippen molar-refractivity contribution in [2.24, 2.45) is 0 Å². The van der Waals surface area contributed by atoms with Crippen molar-refractivity contribution in [2.45, 2.75) is 89.8 Å². The van der Waals surface area contributed by atoms with Gasteiger partial charge in [-0.3, -0.25) is 0 Å². The van der Waals surface area contributed by atoms with Gasteiger partial charge in [-0.15, -0.1) is 0 Å². The lowest BCUT2D eigenvalue weighted by Gasteiger charge is -2.27. The number of unbranched alkanes of at least 4 members (excludes halogenated alkanes) is 3. The van der Waals surface area contributed by atoms with E-state index in [1.807, 2.05) is 12.1 Å². The summed E-state index contributed by atoms with van der Waals surface area (Å²) < 4.78 is 5.93. The summed E-state index contributed by atoms with van der Waals surface area (Å²) in [5, 5.41) is 20.1. The van der Waals surface area contributed by atoms with Crippen LogP contribution in [0.3, 0.4) is 0 Å². The highest BCUT2D eigenvalue weighted by Gasteiger charge is 2.24. The van der Waals surface area contributed by atoms with Crippen LogP contribution in [-0.4, -0.2) is 22.4 Å². The fourth-order valence-electron chi connectivity index (χ4n) is 3.54. The van der Waals surface area contributed by atoms with Gasteiger partial charge in [0, 0.05) is 6.07 Å². The molecule has 3 atom stereocenters. The van der Waals surface area contributed by atoms with Crippen LogP contribution < -0.4 is 4.74 Å². The van der Waals surface area contributed by atoms with Crippen LogP contribution in [0, 0.1) is 0 Å². The fourth-order valence-corrected chi connectivity index (χ4v) is 3.54. The molecule has 1 unspecified atom stereocenters. The summed E-state index contributed by atoms with van der Waals surface area (Å²) in [4.78, 5) is 0. The topological polar surface area (TPSA) is 49.7 Å². The molecule has 0 saturated heterocycles. The summed E-state index contributed by atoms with van der Waals surface area (Å²) in [6, 6.07) is 5.66. The predicted octanol–water partition coefficient (Wildman–Crippen LogP) is 5.15. The highest BCUT2D eigenvalue weighted by atomic mass is 16.5. The molecule has 1 aromatic rings. The van der Waals surface area contributed by atoms with Crippen molar-refractivity contribution in [2.75, 3.05) is 0 Å². The molecular formula is C20H32O3. The van der Waals surface area contributed by atoms with Gasteiger partial charge in [0.25, 0.3) is 0 Å². The Morgan fingerprint density at radius 2 is 2.04 bits per heavy atom. The minimum absolute atomic E-state index is 0.175. The Labute approximate surface area is 140 Å². The van der Waals surface area contributed by atoms with Crippen molar-refractivity contribution >= 4 is 0 Å². The van der Waals surface area contributed by atoms with Gasteiger partial charge in [0.15, 0.2) is 0 Å². The van der Waals surface area contributed by atoms with Crippen molar-refractivity contribution < 1.29 is 14.9 Å². The van der Waals surface area contributed by atoms with Crippen molar-refractivity contribution in [3.63, 3.8) is 0 Å². The monoisotopic (exact) mass is 320 g/mol. The SMILES string of the molecule is CCCCCCC(C)Oc1ccc([C@@H]2CCC[C@H](O)C2)c(O)c1. The van der Waals surface area contributed by atoms with Crippen molar-refractivity contribution in [1.82, 2.24) is 0 Å². The Hall–Kier alpha value is -1.22. The molecule has 0 aliphatic heterocycles. The van der Waals surface area contributed by atoms with Crippen LogP contribution in [0.4, 0.5) is 0 Å². The molecule has 2 rings (SSSR count). The molecule has 0 heterocycles. The van der Waals surface area contributed by atoms with E-state index in [4.69, 9.17) is 4.74 Å². The number of aliphatic hydroxyl groups excluding tert-OH is 1. The van der Waals surface area contributed by atoms with Gasteiger partial charge in [0.2, 0.25) is 0 Å². The van der Waals surface area contributed by atoms with Crippen LogP contribution in [0.2, 0.25) is 0 Å². The van der Waals surface area contributed by atoms with Crippen molar-refractivity contribution in [3.05, 3.63) is 23.8 Å². The van der Waals surface area contributed by atoms with Gasteiger partial charge in [-0.05, 0) is 56.6 Å². The van der Waals surface area contributed by atoms with Crippen molar-refractivity contribution in [1.29, 1.82) is 0 Å². The normalized spacial score (nSPS) is 22.7. The number of phenolic OH excluding ortho intramolecular Hbond substituents is 1. The first kappa shape index (κ1) is 18.1. The van der Waals surface area contributed by atoms with E-state index in [0.29, 0.717) is 5.75 Å². The molecule has 2 N–H and O–H groups in total. The number of rotatable bonds is 8. The van der Waals surface area contributed by atoms with Gasteiger partial charge < -0.3 is 14.9 Å². The van der Waals surface area contributed by atoms with E-state index in [1.165, 1.54) is 25.7 Å². The maximum atomic E-state index is 10.3. The number of ether oxygens (including phenoxy) is 1. The van der Waals surface area contributed by atoms with Crippen LogP contribution in [0.25, 0.3) is 0 Å². The number of aromatic hydroxyl groups is 1. The number of hydrogen-bond donors (Lipinski definition) is 2. The molecule has 0 amide bonds. The molecule has 1 aliphatic rings. The smallest absolute Gasteiger partial charge is 0.123 e. The minimum atomic E-state index is -0.229. The van der Waals surface area contributed by atoms with Crippen LogP contribution in [-0.2, 0) is 0 Å². The van der Waals surface area contributed by atoms with Gasteiger partial charge >= 0.3 is 0 Å². The predicted molar refractivity (Wildman–Crippen MR) is 94.2 cm³/mol. The summed E-state index contributed by atoms with van der Waals surface area (Å²) >= 11 is 0. The Bertz CT molecular complexity index is 472. The van der Waals surface area contributed by atoms with E-state index in [9.17, 15) is 10.2 Å². The van der Waals surface area contributed by atoms with Crippen LogP contribution in [0.15, 0.2) is 18.2 Å². The Morgan fingerprint density at radius 1 is 1.22 bits per heavy atom. The van der Waals surface area contributed by atoms with Gasteiger partial charge in [-0.1, -0.05) is 38.7 Å². The molecular weight excluding hydrogens is 288 g/mol. The first-order valence-corrected chi connectivity index (χ1v) is 9.27. The minimum Gasteiger partial charge on any atom is -0.508 e. The number of benzene rings is 1. The fraction of sp³-hybridized carbons (Fsp3) is 0.700. The third kappa shape index (κ3) is 5.72. The van der Waals surface area contributed by atoms with Crippen LogP contribution >= 0.6 is 0 Å². The second-order valence-corrected chi connectivity index (χ2v) is 7.02. The first-order chi connectivity index (χ1) is 11.1. The molecule has 0 bridgehead atoms. The summed E-state index contributed by atoms with van der Waals surface area (Å²) in [5.41, 5.74) is 0.951. The van der Waals surface area contributed by atoms with E-state index >= 15 is 0 Å². The average Bonchev–Trinajstić information content (AvgIpc) is 2.52. The molecule has 0 radical (unpaired) electrons. The molecule has 1 aromatic carbocycles. The second kappa shape index (κ2) is 9.17. The highest BCUT2D eigenvalue weighted by Crippen LogP contribution is 2.38. The van der Waals surface area contributed by atoms with Gasteiger partial charge in [0.05, 0.1) is 12.2 Å². The van der Waals surface area contributed by atoms with Crippen LogP contribution in [0.1, 0.15) is 83.1 Å². The number of aliphatic hydroxyl groups is 1. The van der Waals surface area contributed by atoms with Crippen molar-refractivity contribution in [3.8, 4) is 11.5 Å². The molecule has 1 aliphatic carbocycles. The van der Waals surface area contributed by atoms with Gasteiger partial charge in [-0.2, -0.15) is 0 Å². The lowest BCUT2D eigenvalue weighted by atomic mass is 9.82. The van der Waals surface area contributed by atoms with Crippen LogP contribution in [0.5, 0.6) is 11.5 Å². The summed E-state index contributed by atoms with van der Waals surface area (Å²) in [7, 11) is 0. The molecule has 0 aromatic heterocycles. The molecule has 3 nitrogen and oxygen atoms in total. The summed E-state index contributed by atoms with van der Waals surface area (Å²) in [6.07, 6.45) is 9.69. The second-order valence-electron chi connectivity index (χ2n) is 7.02. The van der Waals surface area contributed by atoms with E-state index < -0.39 is 0 Å². The van der Waals surface area contributed by atoms with E-state index in [-0.39, 0.29) is 18.1 Å². The average molecular weight is 320 g/mol. The Morgan fingerprint density at radius 3 is 2.74 bits per heavy atom. The molecule has 23 heavy (non-hydrogen) atoms. The summed E-state index contributed by atoms with van der Waals surface area (Å²) in [5.74, 6) is 1.31.